The highest BCUT2D eigenvalue weighted by atomic mass is 15.3. The molecular weight excluding hydrogens is 370 g/mol. The number of aryl methyl sites for hydroxylation is 1. The second-order valence-electron chi connectivity index (χ2n) is 8.30. The Hall–Kier alpha value is -1.59. The molecule has 0 saturated carbocycles. The molecule has 0 bridgehead atoms. The Bertz CT molecular complexity index is 684. The number of rotatable bonds is 17. The standard InChI is InChI=1S/C25H45N5/c1-5-9-18-29(19-10-6-2)20-13-17-26-25-23-15-11-12-16-24(23)30(27-25)22-14-21-28(7-3)8-4/h11-12,15-16H,5-10,13-14,17-22H2,1-4H3,(H,26,27). The summed E-state index contributed by atoms with van der Waals surface area (Å²) in [4.78, 5) is 5.12. The van der Waals surface area contributed by atoms with Crippen molar-refractivity contribution in [1.82, 2.24) is 19.6 Å². The van der Waals surface area contributed by atoms with Crippen molar-refractivity contribution in [3.8, 4) is 0 Å². The molecule has 2 aromatic rings. The van der Waals surface area contributed by atoms with Crippen molar-refractivity contribution in [3.05, 3.63) is 24.3 Å². The van der Waals surface area contributed by atoms with Crippen molar-refractivity contribution in [2.45, 2.75) is 72.8 Å². The zero-order valence-electron chi connectivity index (χ0n) is 20.0. The van der Waals surface area contributed by atoms with Crippen molar-refractivity contribution in [1.29, 1.82) is 0 Å². The number of nitrogens with zero attached hydrogens (tertiary/aromatic N) is 4. The minimum Gasteiger partial charge on any atom is -0.368 e. The fraction of sp³-hybridized carbons (Fsp3) is 0.720. The Labute approximate surface area is 184 Å². The van der Waals surface area contributed by atoms with Crippen LogP contribution in [0, 0.1) is 0 Å². The van der Waals surface area contributed by atoms with Crippen LogP contribution in [-0.4, -0.2) is 65.4 Å². The number of hydrogen-bond donors (Lipinski definition) is 1. The summed E-state index contributed by atoms with van der Waals surface area (Å²) in [5.74, 6) is 1.04. The first-order chi connectivity index (χ1) is 14.7. The van der Waals surface area contributed by atoms with E-state index in [2.05, 4.69) is 71.8 Å². The number of benzene rings is 1. The molecule has 0 amide bonds. The van der Waals surface area contributed by atoms with Crippen LogP contribution < -0.4 is 5.32 Å². The average molecular weight is 416 g/mol. The third-order valence-corrected chi connectivity index (χ3v) is 6.00. The van der Waals surface area contributed by atoms with Gasteiger partial charge in [0.25, 0.3) is 0 Å². The van der Waals surface area contributed by atoms with Crippen molar-refractivity contribution >= 4 is 16.7 Å². The fourth-order valence-electron chi connectivity index (χ4n) is 4.02. The Morgan fingerprint density at radius 3 is 2.10 bits per heavy atom. The molecule has 170 valence electrons. The van der Waals surface area contributed by atoms with Gasteiger partial charge < -0.3 is 15.1 Å². The Balaban J connectivity index is 1.89. The summed E-state index contributed by atoms with van der Waals surface area (Å²) in [6.45, 7) is 18.0. The Morgan fingerprint density at radius 1 is 0.800 bits per heavy atom. The van der Waals surface area contributed by atoms with Crippen LogP contribution in [0.5, 0.6) is 0 Å². The van der Waals surface area contributed by atoms with Crippen molar-refractivity contribution < 1.29 is 0 Å². The molecular formula is C25H45N5. The Kier molecular flexibility index (Phi) is 11.9. The predicted molar refractivity (Wildman–Crippen MR) is 132 cm³/mol. The molecule has 2 rings (SSSR count). The molecule has 0 spiro atoms. The van der Waals surface area contributed by atoms with E-state index in [1.165, 1.54) is 56.2 Å². The van der Waals surface area contributed by atoms with Crippen LogP contribution in [0.25, 0.3) is 10.9 Å². The molecule has 0 aliphatic carbocycles. The number of nitrogens with one attached hydrogen (secondary N) is 1. The molecule has 1 aromatic carbocycles. The molecule has 1 N–H and O–H groups in total. The van der Waals surface area contributed by atoms with Crippen LogP contribution in [0.15, 0.2) is 24.3 Å². The molecule has 1 heterocycles. The fourth-order valence-corrected chi connectivity index (χ4v) is 4.02. The molecule has 0 fully saturated rings. The number of unbranched alkanes of at least 4 members (excludes halogenated alkanes) is 2. The van der Waals surface area contributed by atoms with E-state index < -0.39 is 0 Å². The highest BCUT2D eigenvalue weighted by molar-refractivity contribution is 5.90. The van der Waals surface area contributed by atoms with Gasteiger partial charge in [0.2, 0.25) is 0 Å². The third-order valence-electron chi connectivity index (χ3n) is 6.00. The maximum absolute atomic E-state index is 4.93. The van der Waals surface area contributed by atoms with Gasteiger partial charge in [0.1, 0.15) is 0 Å². The third kappa shape index (κ3) is 7.92. The van der Waals surface area contributed by atoms with Crippen LogP contribution in [0.4, 0.5) is 5.82 Å². The lowest BCUT2D eigenvalue weighted by atomic mass is 10.2. The smallest absolute Gasteiger partial charge is 0.155 e. The average Bonchev–Trinajstić information content (AvgIpc) is 3.13. The lowest BCUT2D eigenvalue weighted by Gasteiger charge is -2.21. The summed E-state index contributed by atoms with van der Waals surface area (Å²) in [7, 11) is 0. The van der Waals surface area contributed by atoms with E-state index in [1.54, 1.807) is 0 Å². The topological polar surface area (TPSA) is 36.3 Å². The summed E-state index contributed by atoms with van der Waals surface area (Å²) < 4.78 is 2.19. The van der Waals surface area contributed by atoms with E-state index >= 15 is 0 Å². The van der Waals surface area contributed by atoms with E-state index in [9.17, 15) is 0 Å². The quantitative estimate of drug-likeness (QED) is 0.347. The largest absolute Gasteiger partial charge is 0.368 e. The first kappa shape index (κ1) is 24.7. The zero-order valence-corrected chi connectivity index (χ0v) is 20.0. The summed E-state index contributed by atoms with van der Waals surface area (Å²) in [5, 5.41) is 9.80. The highest BCUT2D eigenvalue weighted by Crippen LogP contribution is 2.23. The van der Waals surface area contributed by atoms with Crippen molar-refractivity contribution in [2.24, 2.45) is 0 Å². The van der Waals surface area contributed by atoms with E-state index in [0.29, 0.717) is 0 Å². The minimum absolute atomic E-state index is 0.973. The maximum Gasteiger partial charge on any atom is 0.155 e. The van der Waals surface area contributed by atoms with E-state index in [0.717, 1.165) is 51.4 Å². The maximum atomic E-state index is 4.93. The second-order valence-corrected chi connectivity index (χ2v) is 8.30. The molecule has 0 aliphatic rings. The summed E-state index contributed by atoms with van der Waals surface area (Å²) in [6.07, 6.45) is 7.46. The van der Waals surface area contributed by atoms with Gasteiger partial charge in [0.05, 0.1) is 5.52 Å². The van der Waals surface area contributed by atoms with Gasteiger partial charge in [-0.2, -0.15) is 5.10 Å². The van der Waals surface area contributed by atoms with Crippen LogP contribution in [0.1, 0.15) is 66.2 Å². The van der Waals surface area contributed by atoms with Crippen LogP contribution >= 0.6 is 0 Å². The van der Waals surface area contributed by atoms with Gasteiger partial charge in [0, 0.05) is 18.5 Å². The molecule has 1 aromatic heterocycles. The number of aromatic nitrogens is 2. The van der Waals surface area contributed by atoms with Gasteiger partial charge in [-0.1, -0.05) is 52.7 Å². The molecule has 5 heteroatoms. The van der Waals surface area contributed by atoms with Crippen molar-refractivity contribution in [3.63, 3.8) is 0 Å². The van der Waals surface area contributed by atoms with Gasteiger partial charge in [-0.15, -0.1) is 0 Å². The first-order valence-corrected chi connectivity index (χ1v) is 12.4. The number of para-hydroxylation sites is 1. The SMILES string of the molecule is CCCCN(CCCC)CCCNc1nn(CCCN(CC)CC)c2ccccc12. The Morgan fingerprint density at radius 2 is 1.43 bits per heavy atom. The molecule has 30 heavy (non-hydrogen) atoms. The molecule has 0 radical (unpaired) electrons. The van der Waals surface area contributed by atoms with E-state index in [1.807, 2.05) is 0 Å². The van der Waals surface area contributed by atoms with Gasteiger partial charge in [-0.05, 0) is 77.1 Å². The first-order valence-electron chi connectivity index (χ1n) is 12.4. The minimum atomic E-state index is 0.973. The summed E-state index contributed by atoms with van der Waals surface area (Å²) in [6, 6.07) is 8.63. The zero-order chi connectivity index (χ0) is 21.6. The lowest BCUT2D eigenvalue weighted by molar-refractivity contribution is 0.264. The van der Waals surface area contributed by atoms with Crippen LogP contribution in [0.2, 0.25) is 0 Å². The lowest BCUT2D eigenvalue weighted by Crippen LogP contribution is -2.28. The molecule has 0 unspecified atom stereocenters. The van der Waals surface area contributed by atoms with Crippen LogP contribution in [-0.2, 0) is 6.54 Å². The molecule has 5 nitrogen and oxygen atoms in total. The number of anilines is 1. The highest BCUT2D eigenvalue weighted by Gasteiger charge is 2.10. The number of hydrogen-bond acceptors (Lipinski definition) is 4. The summed E-state index contributed by atoms with van der Waals surface area (Å²) >= 11 is 0. The monoisotopic (exact) mass is 415 g/mol. The van der Waals surface area contributed by atoms with Crippen LogP contribution in [0.3, 0.4) is 0 Å². The second kappa shape index (κ2) is 14.4. The van der Waals surface area contributed by atoms with Gasteiger partial charge in [-0.25, -0.2) is 0 Å². The van der Waals surface area contributed by atoms with Gasteiger partial charge in [0.15, 0.2) is 5.82 Å². The van der Waals surface area contributed by atoms with Crippen molar-refractivity contribution in [2.75, 3.05) is 51.1 Å². The molecule has 0 saturated heterocycles. The normalized spacial score (nSPS) is 11.8. The van der Waals surface area contributed by atoms with E-state index in [4.69, 9.17) is 5.10 Å². The predicted octanol–water partition coefficient (Wildman–Crippen LogP) is 5.47. The van der Waals surface area contributed by atoms with Gasteiger partial charge >= 0.3 is 0 Å². The van der Waals surface area contributed by atoms with E-state index in [-0.39, 0.29) is 0 Å². The number of fused-ring (bicyclic) bond motifs is 1. The molecule has 0 aliphatic heterocycles. The summed E-state index contributed by atoms with van der Waals surface area (Å²) in [5.41, 5.74) is 1.24. The molecule has 0 atom stereocenters. The van der Waals surface area contributed by atoms with Gasteiger partial charge in [-0.3, -0.25) is 4.68 Å².